The lowest BCUT2D eigenvalue weighted by atomic mass is 9.93. The maximum atomic E-state index is 12.3. The fourth-order valence-corrected chi connectivity index (χ4v) is 5.02. The third-order valence-corrected chi connectivity index (χ3v) is 7.15. The Morgan fingerprint density at radius 2 is 1.96 bits per heavy atom. The molecule has 0 radical (unpaired) electrons. The number of nitrogens with one attached hydrogen (secondary N) is 1. The minimum Gasteiger partial charge on any atom is -0.237 e. The van der Waals surface area contributed by atoms with Crippen molar-refractivity contribution in [2.24, 2.45) is 0 Å². The molecular formula is C18H23N3O2S. The second kappa shape index (κ2) is 5.70. The minimum atomic E-state index is -3.18. The number of rotatable bonds is 4. The highest BCUT2D eigenvalue weighted by Gasteiger charge is 2.38. The summed E-state index contributed by atoms with van der Waals surface area (Å²) in [7, 11) is -3.18. The molecule has 1 atom stereocenters. The molecule has 0 aliphatic heterocycles. The van der Waals surface area contributed by atoms with Gasteiger partial charge in [-0.05, 0) is 69.2 Å². The van der Waals surface area contributed by atoms with E-state index in [2.05, 4.69) is 41.9 Å². The third kappa shape index (κ3) is 2.78. The molecule has 2 aliphatic carbocycles. The van der Waals surface area contributed by atoms with E-state index in [-0.39, 0.29) is 11.3 Å². The molecular weight excluding hydrogens is 322 g/mol. The number of aryl methyl sites for hydroxylation is 2. The Balaban J connectivity index is 1.67. The fourth-order valence-electron chi connectivity index (χ4n) is 3.43. The Morgan fingerprint density at radius 1 is 1.17 bits per heavy atom. The van der Waals surface area contributed by atoms with Crippen LogP contribution in [0, 0.1) is 13.8 Å². The first-order chi connectivity index (χ1) is 11.5. The molecule has 5 nitrogen and oxygen atoms in total. The van der Waals surface area contributed by atoms with Gasteiger partial charge in [0.1, 0.15) is 0 Å². The van der Waals surface area contributed by atoms with Crippen molar-refractivity contribution in [1.82, 2.24) is 14.5 Å². The van der Waals surface area contributed by atoms with Crippen LogP contribution in [0.5, 0.6) is 0 Å². The lowest BCUT2D eigenvalue weighted by Crippen LogP contribution is -2.33. The van der Waals surface area contributed by atoms with Gasteiger partial charge in [-0.3, -0.25) is 0 Å². The first kappa shape index (κ1) is 15.8. The molecule has 1 aromatic heterocycles. The molecule has 1 saturated carbocycles. The summed E-state index contributed by atoms with van der Waals surface area (Å²) >= 11 is 0. The van der Waals surface area contributed by atoms with E-state index in [0.717, 1.165) is 49.0 Å². The molecule has 0 bridgehead atoms. The monoisotopic (exact) mass is 345 g/mol. The third-order valence-electron chi connectivity index (χ3n) is 5.19. The van der Waals surface area contributed by atoms with Crippen LogP contribution < -0.4 is 4.72 Å². The first-order valence-electron chi connectivity index (χ1n) is 8.61. The summed E-state index contributed by atoms with van der Waals surface area (Å²) in [4.78, 5) is 0. The van der Waals surface area contributed by atoms with E-state index in [0.29, 0.717) is 0 Å². The van der Waals surface area contributed by atoms with Gasteiger partial charge in [-0.1, -0.05) is 6.07 Å². The maximum Gasteiger partial charge on any atom is 0.215 e. The predicted molar refractivity (Wildman–Crippen MR) is 93.8 cm³/mol. The van der Waals surface area contributed by atoms with Gasteiger partial charge in [0.05, 0.1) is 23.2 Å². The average Bonchev–Trinajstić information content (AvgIpc) is 3.31. The molecule has 4 rings (SSSR count). The van der Waals surface area contributed by atoms with E-state index in [1.165, 1.54) is 11.1 Å². The Bertz CT molecular complexity index is 882. The number of hydrogen-bond donors (Lipinski definition) is 1. The minimum absolute atomic E-state index is 0.139. The van der Waals surface area contributed by atoms with Gasteiger partial charge < -0.3 is 0 Å². The quantitative estimate of drug-likeness (QED) is 0.926. The molecule has 0 saturated heterocycles. The SMILES string of the molecule is Cc1ccc(-n2ncc3c2CCC[C@@H]3NS(=O)(=O)C2CC2)cc1C. The summed E-state index contributed by atoms with van der Waals surface area (Å²) in [6.07, 6.45) is 6.17. The van der Waals surface area contributed by atoms with Crippen molar-refractivity contribution in [2.75, 3.05) is 0 Å². The number of aromatic nitrogens is 2. The summed E-state index contributed by atoms with van der Waals surface area (Å²) in [5.41, 5.74) is 5.70. The average molecular weight is 345 g/mol. The molecule has 1 heterocycles. The number of hydrogen-bond acceptors (Lipinski definition) is 3. The van der Waals surface area contributed by atoms with E-state index in [9.17, 15) is 8.42 Å². The molecule has 0 unspecified atom stereocenters. The molecule has 128 valence electrons. The second-order valence-corrected chi connectivity index (χ2v) is 9.03. The van der Waals surface area contributed by atoms with E-state index in [4.69, 9.17) is 0 Å². The van der Waals surface area contributed by atoms with Crippen LogP contribution in [-0.2, 0) is 16.4 Å². The predicted octanol–water partition coefficient (Wildman–Crippen LogP) is 2.95. The number of fused-ring (bicyclic) bond motifs is 1. The highest BCUT2D eigenvalue weighted by Crippen LogP contribution is 2.34. The highest BCUT2D eigenvalue weighted by atomic mass is 32.2. The fraction of sp³-hybridized carbons (Fsp3) is 0.500. The zero-order valence-corrected chi connectivity index (χ0v) is 14.9. The van der Waals surface area contributed by atoms with Crippen molar-refractivity contribution in [3.8, 4) is 5.69 Å². The number of benzene rings is 1. The Hall–Kier alpha value is -1.66. The van der Waals surface area contributed by atoms with Crippen molar-refractivity contribution in [2.45, 2.75) is 57.2 Å². The smallest absolute Gasteiger partial charge is 0.215 e. The lowest BCUT2D eigenvalue weighted by Gasteiger charge is -2.24. The van der Waals surface area contributed by atoms with Gasteiger partial charge >= 0.3 is 0 Å². The van der Waals surface area contributed by atoms with Gasteiger partial charge in [-0.15, -0.1) is 0 Å². The number of nitrogens with zero attached hydrogens (tertiary/aromatic N) is 2. The molecule has 6 heteroatoms. The molecule has 0 amide bonds. The second-order valence-electron chi connectivity index (χ2n) is 7.03. The first-order valence-corrected chi connectivity index (χ1v) is 10.2. The van der Waals surface area contributed by atoms with Crippen LogP contribution in [0.1, 0.15) is 54.1 Å². The van der Waals surface area contributed by atoms with Gasteiger partial charge in [0.2, 0.25) is 10.0 Å². The van der Waals surface area contributed by atoms with Crippen molar-refractivity contribution < 1.29 is 8.42 Å². The maximum absolute atomic E-state index is 12.3. The standard InChI is InChI=1S/C18H23N3O2S/c1-12-6-7-14(10-13(12)2)21-18-5-3-4-17(16(18)11-19-21)20-24(22,23)15-8-9-15/h6-7,10-11,15,17,20H,3-5,8-9H2,1-2H3/t17-/m0/s1. The molecule has 2 aliphatic rings. The zero-order valence-electron chi connectivity index (χ0n) is 14.1. The van der Waals surface area contributed by atoms with Crippen LogP contribution in [0.2, 0.25) is 0 Å². The molecule has 0 spiro atoms. The van der Waals surface area contributed by atoms with Gasteiger partial charge in [-0.25, -0.2) is 17.8 Å². The van der Waals surface area contributed by atoms with Crippen LogP contribution in [0.15, 0.2) is 24.4 Å². The summed E-state index contributed by atoms with van der Waals surface area (Å²) < 4.78 is 29.5. The van der Waals surface area contributed by atoms with Crippen molar-refractivity contribution in [1.29, 1.82) is 0 Å². The van der Waals surface area contributed by atoms with Crippen LogP contribution in [0.25, 0.3) is 5.69 Å². The van der Waals surface area contributed by atoms with Gasteiger partial charge in [0.15, 0.2) is 0 Å². The molecule has 2 aromatic rings. The molecule has 1 fully saturated rings. The van der Waals surface area contributed by atoms with Crippen LogP contribution in [0.3, 0.4) is 0 Å². The van der Waals surface area contributed by atoms with Crippen molar-refractivity contribution in [3.05, 3.63) is 46.8 Å². The normalized spacial score (nSPS) is 20.8. The highest BCUT2D eigenvalue weighted by molar-refractivity contribution is 7.90. The van der Waals surface area contributed by atoms with E-state index >= 15 is 0 Å². The van der Waals surface area contributed by atoms with Crippen LogP contribution in [-0.4, -0.2) is 23.4 Å². The summed E-state index contributed by atoms with van der Waals surface area (Å²) in [6, 6.07) is 6.18. The van der Waals surface area contributed by atoms with Gasteiger partial charge in [0, 0.05) is 11.3 Å². The summed E-state index contributed by atoms with van der Waals surface area (Å²) in [5.74, 6) is 0. The molecule has 1 aromatic carbocycles. The van der Waals surface area contributed by atoms with E-state index < -0.39 is 10.0 Å². The van der Waals surface area contributed by atoms with Crippen LogP contribution >= 0.6 is 0 Å². The van der Waals surface area contributed by atoms with Crippen LogP contribution in [0.4, 0.5) is 0 Å². The van der Waals surface area contributed by atoms with Crippen molar-refractivity contribution >= 4 is 10.0 Å². The Labute approximate surface area is 143 Å². The summed E-state index contributed by atoms with van der Waals surface area (Å²) in [6.45, 7) is 4.20. The summed E-state index contributed by atoms with van der Waals surface area (Å²) in [5, 5.41) is 4.38. The van der Waals surface area contributed by atoms with Gasteiger partial charge in [0.25, 0.3) is 0 Å². The van der Waals surface area contributed by atoms with E-state index in [1.54, 1.807) is 0 Å². The molecule has 24 heavy (non-hydrogen) atoms. The Kier molecular flexibility index (Phi) is 3.77. The van der Waals surface area contributed by atoms with E-state index in [1.807, 2.05) is 10.9 Å². The topological polar surface area (TPSA) is 64.0 Å². The Morgan fingerprint density at radius 3 is 2.67 bits per heavy atom. The van der Waals surface area contributed by atoms with Crippen molar-refractivity contribution in [3.63, 3.8) is 0 Å². The lowest BCUT2D eigenvalue weighted by molar-refractivity contribution is 0.501. The largest absolute Gasteiger partial charge is 0.237 e. The zero-order chi connectivity index (χ0) is 16.9. The molecule has 1 N–H and O–H groups in total. The van der Waals surface area contributed by atoms with Gasteiger partial charge in [-0.2, -0.15) is 5.10 Å². The number of sulfonamides is 1.